The number of urea groups is 1. The van der Waals surface area contributed by atoms with Crippen molar-refractivity contribution in [1.29, 1.82) is 0 Å². The molecule has 188 valence electrons. The fraction of sp³-hybridized carbons (Fsp3) is 0.680. The van der Waals surface area contributed by atoms with Crippen molar-refractivity contribution in [1.82, 2.24) is 19.9 Å². The average molecular weight is 506 g/mol. The van der Waals surface area contributed by atoms with Gasteiger partial charge in [0.2, 0.25) is 0 Å². The fourth-order valence-corrected chi connectivity index (χ4v) is 6.18. The molecule has 0 atom stereocenters. The summed E-state index contributed by atoms with van der Waals surface area (Å²) in [5.41, 5.74) is 1.41. The molecule has 7 nitrogen and oxygen atoms in total. The van der Waals surface area contributed by atoms with Crippen LogP contribution in [0.3, 0.4) is 0 Å². The third-order valence-corrected chi connectivity index (χ3v) is 7.95. The summed E-state index contributed by atoms with van der Waals surface area (Å²) >= 11 is 2.96. The van der Waals surface area contributed by atoms with Gasteiger partial charge in [-0.3, -0.25) is 10.1 Å². The number of aromatic nitrogens is 3. The molecular weight excluding hydrogens is 466 g/mol. The van der Waals surface area contributed by atoms with Gasteiger partial charge in [0.1, 0.15) is 5.69 Å². The van der Waals surface area contributed by atoms with E-state index in [0.717, 1.165) is 31.4 Å². The molecule has 2 aromatic rings. The number of thiazole rings is 1. The topological polar surface area (TPSA) is 91.0 Å². The van der Waals surface area contributed by atoms with E-state index in [1.54, 1.807) is 6.20 Å². The number of carbonyl (C=O) groups excluding carboxylic acids is 2. The minimum atomic E-state index is -0.0292. The molecule has 2 fully saturated rings. The van der Waals surface area contributed by atoms with Crippen molar-refractivity contribution in [2.75, 3.05) is 5.32 Å². The highest BCUT2D eigenvalue weighted by molar-refractivity contribution is 7.98. The molecule has 0 unspecified atom stereocenters. The Morgan fingerprint density at radius 2 is 1.68 bits per heavy atom. The number of amides is 2. The Bertz CT molecular complexity index is 883. The van der Waals surface area contributed by atoms with Crippen molar-refractivity contribution >= 4 is 40.0 Å². The van der Waals surface area contributed by atoms with Crippen LogP contribution in [-0.4, -0.2) is 43.7 Å². The molecule has 2 heterocycles. The van der Waals surface area contributed by atoms with Gasteiger partial charge in [0, 0.05) is 30.1 Å². The monoisotopic (exact) mass is 505 g/mol. The van der Waals surface area contributed by atoms with Crippen LogP contribution in [0.1, 0.15) is 108 Å². The predicted molar refractivity (Wildman–Crippen MR) is 141 cm³/mol. The summed E-state index contributed by atoms with van der Waals surface area (Å²) in [6, 6.07) is 0.743. The molecular formula is C25H39N5O2S2. The molecule has 0 aromatic carbocycles. The second kappa shape index (κ2) is 13.9. The largest absolute Gasteiger partial charge is 0.331 e. The molecule has 2 amide bonds. The number of thioether (sulfide) groups is 1. The van der Waals surface area contributed by atoms with Crippen LogP contribution in [0.25, 0.3) is 0 Å². The van der Waals surface area contributed by atoms with E-state index in [2.05, 4.69) is 39.0 Å². The number of anilines is 1. The van der Waals surface area contributed by atoms with Crippen molar-refractivity contribution < 1.29 is 9.59 Å². The lowest BCUT2D eigenvalue weighted by molar-refractivity contribution is 0.101. The number of rotatable bonds is 7. The molecule has 4 rings (SSSR count). The normalized spacial score (nSPS) is 17.0. The van der Waals surface area contributed by atoms with Gasteiger partial charge in [0.15, 0.2) is 16.1 Å². The Morgan fingerprint density at radius 1 is 1.09 bits per heavy atom. The molecule has 0 saturated heterocycles. The summed E-state index contributed by atoms with van der Waals surface area (Å²) in [4.78, 5) is 38.7. The second-order valence-corrected chi connectivity index (χ2v) is 11.0. The number of hydrogen-bond acceptors (Lipinski definition) is 6. The van der Waals surface area contributed by atoms with E-state index in [9.17, 15) is 9.59 Å². The molecule has 0 spiro atoms. The molecule has 0 radical (unpaired) electrons. The molecule has 2 aliphatic carbocycles. The third-order valence-electron chi connectivity index (χ3n) is 6.22. The van der Waals surface area contributed by atoms with Gasteiger partial charge in [-0.25, -0.2) is 14.8 Å². The van der Waals surface area contributed by atoms with Gasteiger partial charge >= 0.3 is 6.03 Å². The van der Waals surface area contributed by atoms with Gasteiger partial charge in [-0.2, -0.15) is 0 Å². The van der Waals surface area contributed by atoms with Crippen LogP contribution < -0.4 is 5.32 Å². The maximum Gasteiger partial charge on any atom is 0.324 e. The maximum atomic E-state index is 13.3. The van der Waals surface area contributed by atoms with Gasteiger partial charge in [0.05, 0.1) is 11.9 Å². The van der Waals surface area contributed by atoms with Gasteiger partial charge in [-0.05, 0) is 25.7 Å². The standard InChI is InChI=1S/C22H31N5O2S2.C3H8/c1-15(28)19-12-23-20(25-19)30-13-16-14-31-21(24-16)26-22(29)27(17-8-4-2-5-9-17)18-10-6-3-7-11-18;1-3-2/h12,14,17-18H,2-11,13H2,1H3,(H,23,25)(H,24,26,29);3H2,1-2H3. The number of imidazole rings is 1. The molecule has 9 heteroatoms. The Balaban J connectivity index is 0.00000103. The first-order valence-electron chi connectivity index (χ1n) is 12.7. The fourth-order valence-electron chi connectivity index (χ4n) is 4.63. The van der Waals surface area contributed by atoms with E-state index in [1.807, 2.05) is 5.38 Å². The number of ketones is 1. The number of H-pyrrole nitrogens is 1. The highest BCUT2D eigenvalue weighted by Crippen LogP contribution is 2.31. The number of nitrogens with one attached hydrogen (secondary N) is 2. The van der Waals surface area contributed by atoms with Gasteiger partial charge in [-0.1, -0.05) is 70.6 Å². The van der Waals surface area contributed by atoms with Crippen LogP contribution in [0.15, 0.2) is 16.7 Å². The number of carbonyl (C=O) groups is 2. The summed E-state index contributed by atoms with van der Waals surface area (Å²) in [6.07, 6.45) is 14.7. The van der Waals surface area contributed by atoms with E-state index in [-0.39, 0.29) is 11.8 Å². The maximum absolute atomic E-state index is 13.3. The summed E-state index contributed by atoms with van der Waals surface area (Å²) in [7, 11) is 0. The molecule has 2 N–H and O–H groups in total. The first-order chi connectivity index (χ1) is 16.5. The van der Waals surface area contributed by atoms with Crippen LogP contribution in [0.2, 0.25) is 0 Å². The summed E-state index contributed by atoms with van der Waals surface area (Å²) < 4.78 is 0. The highest BCUT2D eigenvalue weighted by atomic mass is 32.2. The number of aromatic amines is 1. The van der Waals surface area contributed by atoms with E-state index in [0.29, 0.717) is 33.8 Å². The average Bonchev–Trinajstić information content (AvgIpc) is 3.49. The SMILES string of the molecule is CC(=O)c1cnc(SCc2csc(NC(=O)N(C3CCCCC3)C3CCCCC3)n2)[nH]1.CCC. The van der Waals surface area contributed by atoms with Crippen molar-refractivity contribution in [2.45, 2.75) is 114 Å². The van der Waals surface area contributed by atoms with Gasteiger partial charge < -0.3 is 9.88 Å². The molecule has 0 aliphatic heterocycles. The van der Waals surface area contributed by atoms with Crippen LogP contribution in [0.5, 0.6) is 0 Å². The lowest BCUT2D eigenvalue weighted by atomic mass is 9.89. The lowest BCUT2D eigenvalue weighted by Gasteiger charge is -2.41. The van der Waals surface area contributed by atoms with E-state index in [4.69, 9.17) is 0 Å². The van der Waals surface area contributed by atoms with Crippen molar-refractivity contribution in [3.8, 4) is 0 Å². The predicted octanol–water partition coefficient (Wildman–Crippen LogP) is 7.28. The lowest BCUT2D eigenvalue weighted by Crippen LogP contribution is -2.50. The molecule has 0 bridgehead atoms. The first-order valence-corrected chi connectivity index (χ1v) is 14.6. The van der Waals surface area contributed by atoms with Crippen LogP contribution in [0, 0.1) is 0 Å². The second-order valence-electron chi connectivity index (χ2n) is 9.22. The van der Waals surface area contributed by atoms with Crippen LogP contribution in [0.4, 0.5) is 9.93 Å². The highest BCUT2D eigenvalue weighted by Gasteiger charge is 2.32. The van der Waals surface area contributed by atoms with Crippen molar-refractivity contribution in [2.24, 2.45) is 0 Å². The Labute approximate surface area is 211 Å². The zero-order chi connectivity index (χ0) is 24.3. The summed E-state index contributed by atoms with van der Waals surface area (Å²) in [6.45, 7) is 5.77. The zero-order valence-corrected chi connectivity index (χ0v) is 22.4. The van der Waals surface area contributed by atoms with Crippen molar-refractivity contribution in [3.63, 3.8) is 0 Å². The van der Waals surface area contributed by atoms with E-state index in [1.165, 1.54) is 75.0 Å². The summed E-state index contributed by atoms with van der Waals surface area (Å²) in [5.74, 6) is 0.602. The minimum absolute atomic E-state index is 0.0180. The number of nitrogens with zero attached hydrogens (tertiary/aromatic N) is 3. The first kappa shape index (κ1) is 26.7. The quantitative estimate of drug-likeness (QED) is 0.305. The van der Waals surface area contributed by atoms with Crippen molar-refractivity contribution in [3.05, 3.63) is 23.0 Å². The van der Waals surface area contributed by atoms with Crippen LogP contribution >= 0.6 is 23.1 Å². The van der Waals surface area contributed by atoms with Gasteiger partial charge in [0.25, 0.3) is 0 Å². The molecule has 2 saturated carbocycles. The smallest absolute Gasteiger partial charge is 0.324 e. The Kier molecular flexibility index (Phi) is 10.9. The van der Waals surface area contributed by atoms with E-state index >= 15 is 0 Å². The molecule has 34 heavy (non-hydrogen) atoms. The zero-order valence-electron chi connectivity index (χ0n) is 20.8. The molecule has 2 aliphatic rings. The Hall–Kier alpha value is -1.87. The van der Waals surface area contributed by atoms with E-state index < -0.39 is 0 Å². The number of Topliss-reactive ketones (excluding diaryl/α,β-unsaturated/α-hetero) is 1. The Morgan fingerprint density at radius 3 is 2.21 bits per heavy atom. The minimum Gasteiger partial charge on any atom is -0.331 e. The number of hydrogen-bond donors (Lipinski definition) is 2. The third kappa shape index (κ3) is 7.83. The van der Waals surface area contributed by atoms with Gasteiger partial charge in [-0.15, -0.1) is 11.3 Å². The molecule has 2 aromatic heterocycles. The summed E-state index contributed by atoms with van der Waals surface area (Å²) in [5, 5.41) is 6.42. The van der Waals surface area contributed by atoms with Crippen LogP contribution in [-0.2, 0) is 5.75 Å².